The minimum atomic E-state index is -1.23. The van der Waals surface area contributed by atoms with Crippen molar-refractivity contribution in [3.63, 3.8) is 0 Å². The van der Waals surface area contributed by atoms with E-state index in [1.54, 1.807) is 18.5 Å². The van der Waals surface area contributed by atoms with Gasteiger partial charge in [-0.25, -0.2) is 4.79 Å². The topological polar surface area (TPSA) is 78.9 Å². The van der Waals surface area contributed by atoms with Gasteiger partial charge in [-0.2, -0.15) is 5.26 Å². The van der Waals surface area contributed by atoms with Crippen molar-refractivity contribution in [3.8, 4) is 11.8 Å². The molecule has 0 saturated heterocycles. The standard InChI is InChI=1S/C17H11N3O2/c18-10-12(17(21)22)9-13-11-20(14-5-7-19-8-6-14)16-4-2-1-3-15(13)16/h1-9,11H,(H,21,22)/b12-9+. The van der Waals surface area contributed by atoms with Crippen molar-refractivity contribution in [1.29, 1.82) is 5.26 Å². The summed E-state index contributed by atoms with van der Waals surface area (Å²) < 4.78 is 1.94. The van der Waals surface area contributed by atoms with Gasteiger partial charge in [0.25, 0.3) is 0 Å². The Bertz CT molecular complexity index is 918. The van der Waals surface area contributed by atoms with Gasteiger partial charge in [-0.1, -0.05) is 18.2 Å². The predicted molar refractivity (Wildman–Crippen MR) is 82.3 cm³/mol. The van der Waals surface area contributed by atoms with E-state index in [-0.39, 0.29) is 5.57 Å². The summed E-state index contributed by atoms with van der Waals surface area (Å²) in [6.45, 7) is 0. The van der Waals surface area contributed by atoms with E-state index in [2.05, 4.69) is 4.98 Å². The molecule has 5 nitrogen and oxygen atoms in total. The van der Waals surface area contributed by atoms with Crippen LogP contribution in [0.5, 0.6) is 0 Å². The van der Waals surface area contributed by atoms with Crippen LogP contribution < -0.4 is 0 Å². The first-order chi connectivity index (χ1) is 10.7. The second-order valence-corrected chi connectivity index (χ2v) is 4.65. The number of para-hydroxylation sites is 1. The van der Waals surface area contributed by atoms with Crippen LogP contribution in [0.4, 0.5) is 0 Å². The van der Waals surface area contributed by atoms with E-state index < -0.39 is 5.97 Å². The number of benzene rings is 1. The summed E-state index contributed by atoms with van der Waals surface area (Å²) in [4.78, 5) is 15.0. The summed E-state index contributed by atoms with van der Waals surface area (Å²) >= 11 is 0. The van der Waals surface area contributed by atoms with Gasteiger partial charge in [-0.3, -0.25) is 4.98 Å². The number of fused-ring (bicyclic) bond motifs is 1. The second kappa shape index (κ2) is 5.54. The van der Waals surface area contributed by atoms with E-state index >= 15 is 0 Å². The number of nitriles is 1. The lowest BCUT2D eigenvalue weighted by atomic mass is 10.1. The first-order valence-corrected chi connectivity index (χ1v) is 6.56. The summed E-state index contributed by atoms with van der Waals surface area (Å²) in [5, 5.41) is 18.8. The summed E-state index contributed by atoms with van der Waals surface area (Å²) in [6.07, 6.45) is 6.60. The lowest BCUT2D eigenvalue weighted by Gasteiger charge is -2.03. The van der Waals surface area contributed by atoms with Crippen molar-refractivity contribution in [2.24, 2.45) is 0 Å². The SMILES string of the molecule is N#C/C(=C\c1cn(-c2ccncc2)c2ccccc12)C(=O)O. The average molecular weight is 289 g/mol. The Morgan fingerprint density at radius 2 is 1.95 bits per heavy atom. The molecule has 0 atom stereocenters. The van der Waals surface area contributed by atoms with Crippen molar-refractivity contribution >= 4 is 22.9 Å². The molecular weight excluding hydrogens is 278 g/mol. The molecule has 0 bridgehead atoms. The molecule has 0 amide bonds. The predicted octanol–water partition coefficient (Wildman–Crippen LogP) is 3.02. The fourth-order valence-electron chi connectivity index (χ4n) is 2.34. The van der Waals surface area contributed by atoms with Crippen LogP contribution in [0.15, 0.2) is 60.6 Å². The first kappa shape index (κ1) is 13.6. The highest BCUT2D eigenvalue weighted by atomic mass is 16.4. The molecule has 3 aromatic rings. The zero-order chi connectivity index (χ0) is 15.5. The van der Waals surface area contributed by atoms with E-state index in [1.807, 2.05) is 47.2 Å². The molecule has 0 aliphatic rings. The number of aliphatic carboxylic acids is 1. The van der Waals surface area contributed by atoms with Gasteiger partial charge >= 0.3 is 5.97 Å². The van der Waals surface area contributed by atoms with Gasteiger partial charge in [-0.15, -0.1) is 0 Å². The Morgan fingerprint density at radius 1 is 1.23 bits per heavy atom. The Hall–Kier alpha value is -3.39. The van der Waals surface area contributed by atoms with Gasteiger partial charge < -0.3 is 9.67 Å². The quantitative estimate of drug-likeness (QED) is 0.593. The zero-order valence-corrected chi connectivity index (χ0v) is 11.5. The van der Waals surface area contributed by atoms with Crippen molar-refractivity contribution < 1.29 is 9.90 Å². The highest BCUT2D eigenvalue weighted by molar-refractivity contribution is 6.00. The van der Waals surface area contributed by atoms with E-state index in [1.165, 1.54) is 6.08 Å². The fraction of sp³-hybridized carbons (Fsp3) is 0. The van der Waals surface area contributed by atoms with E-state index in [9.17, 15) is 4.79 Å². The van der Waals surface area contributed by atoms with Crippen LogP contribution >= 0.6 is 0 Å². The van der Waals surface area contributed by atoms with Crippen LogP contribution in [0.25, 0.3) is 22.7 Å². The average Bonchev–Trinajstić information content (AvgIpc) is 2.92. The van der Waals surface area contributed by atoms with Crippen LogP contribution in [0.2, 0.25) is 0 Å². The number of carboxylic acid groups (broad SMARTS) is 1. The Morgan fingerprint density at radius 3 is 2.64 bits per heavy atom. The molecule has 22 heavy (non-hydrogen) atoms. The molecule has 106 valence electrons. The van der Waals surface area contributed by atoms with Crippen LogP contribution in [0.1, 0.15) is 5.56 Å². The van der Waals surface area contributed by atoms with Crippen molar-refractivity contribution in [2.75, 3.05) is 0 Å². The molecule has 5 heteroatoms. The molecule has 3 rings (SSSR count). The monoisotopic (exact) mass is 289 g/mol. The van der Waals surface area contributed by atoms with Crippen LogP contribution in [0, 0.1) is 11.3 Å². The molecule has 2 aromatic heterocycles. The first-order valence-electron chi connectivity index (χ1n) is 6.56. The summed E-state index contributed by atoms with van der Waals surface area (Å²) in [5.41, 5.74) is 2.24. The number of aromatic nitrogens is 2. The van der Waals surface area contributed by atoms with E-state index in [0.29, 0.717) is 5.56 Å². The normalized spacial score (nSPS) is 11.3. The van der Waals surface area contributed by atoms with Gasteiger partial charge in [0.05, 0.1) is 5.52 Å². The number of rotatable bonds is 3. The molecule has 0 fully saturated rings. The Labute approximate surface area is 126 Å². The molecule has 2 heterocycles. The number of pyridine rings is 1. The molecule has 0 radical (unpaired) electrons. The van der Waals surface area contributed by atoms with Gasteiger partial charge in [0.2, 0.25) is 0 Å². The maximum Gasteiger partial charge on any atom is 0.346 e. The highest BCUT2D eigenvalue weighted by Gasteiger charge is 2.11. The molecular formula is C17H11N3O2. The highest BCUT2D eigenvalue weighted by Crippen LogP contribution is 2.26. The van der Waals surface area contributed by atoms with Crippen LogP contribution in [-0.2, 0) is 4.79 Å². The molecule has 0 unspecified atom stereocenters. The molecule has 0 aliphatic heterocycles. The molecule has 0 aliphatic carbocycles. The Kier molecular flexibility index (Phi) is 3.42. The van der Waals surface area contributed by atoms with Gasteiger partial charge in [0.15, 0.2) is 0 Å². The minimum absolute atomic E-state index is 0.294. The summed E-state index contributed by atoms with van der Waals surface area (Å²) in [6, 6.07) is 13.1. The third kappa shape index (κ3) is 2.34. The smallest absolute Gasteiger partial charge is 0.346 e. The van der Waals surface area contributed by atoms with Crippen molar-refractivity contribution in [2.45, 2.75) is 0 Å². The Balaban J connectivity index is 2.26. The number of nitrogens with zero attached hydrogens (tertiary/aromatic N) is 3. The maximum atomic E-state index is 11.0. The zero-order valence-electron chi connectivity index (χ0n) is 11.5. The lowest BCUT2D eigenvalue weighted by Crippen LogP contribution is -1.97. The second-order valence-electron chi connectivity index (χ2n) is 4.65. The van der Waals surface area contributed by atoms with Gasteiger partial charge in [0, 0.05) is 35.2 Å². The van der Waals surface area contributed by atoms with Crippen molar-refractivity contribution in [1.82, 2.24) is 9.55 Å². The summed E-state index contributed by atoms with van der Waals surface area (Å²) in [5.74, 6) is -1.23. The third-order valence-electron chi connectivity index (χ3n) is 3.33. The molecule has 1 aromatic carbocycles. The van der Waals surface area contributed by atoms with Gasteiger partial charge in [-0.05, 0) is 24.3 Å². The number of carbonyl (C=O) groups is 1. The van der Waals surface area contributed by atoms with Gasteiger partial charge in [0.1, 0.15) is 11.6 Å². The van der Waals surface area contributed by atoms with Crippen molar-refractivity contribution in [3.05, 3.63) is 66.1 Å². The number of hydrogen-bond acceptors (Lipinski definition) is 3. The lowest BCUT2D eigenvalue weighted by molar-refractivity contribution is -0.132. The summed E-state index contributed by atoms with van der Waals surface area (Å²) in [7, 11) is 0. The molecule has 1 N–H and O–H groups in total. The largest absolute Gasteiger partial charge is 0.477 e. The van der Waals surface area contributed by atoms with Crippen LogP contribution in [-0.4, -0.2) is 20.6 Å². The third-order valence-corrected chi connectivity index (χ3v) is 3.33. The molecule has 0 saturated carbocycles. The molecule has 0 spiro atoms. The fourth-order valence-corrected chi connectivity index (χ4v) is 2.34. The minimum Gasteiger partial charge on any atom is -0.477 e. The van der Waals surface area contributed by atoms with E-state index in [0.717, 1.165) is 16.6 Å². The number of carboxylic acids is 1. The maximum absolute atomic E-state index is 11.0. The van der Waals surface area contributed by atoms with E-state index in [4.69, 9.17) is 10.4 Å². The number of hydrogen-bond donors (Lipinski definition) is 1. The van der Waals surface area contributed by atoms with Crippen LogP contribution in [0.3, 0.4) is 0 Å².